The molecule has 5 nitrogen and oxygen atoms in total. The van der Waals surface area contributed by atoms with Gasteiger partial charge in [-0.2, -0.15) is 0 Å². The molecule has 1 aromatic carbocycles. The van der Waals surface area contributed by atoms with Gasteiger partial charge in [0.15, 0.2) is 0 Å². The van der Waals surface area contributed by atoms with Crippen molar-refractivity contribution in [2.24, 2.45) is 0 Å². The number of rotatable bonds is 5. The number of hydrogen-bond acceptors (Lipinski definition) is 4. The zero-order chi connectivity index (χ0) is 16.9. The van der Waals surface area contributed by atoms with Gasteiger partial charge in [0.25, 0.3) is 0 Å². The van der Waals surface area contributed by atoms with Gasteiger partial charge in [0.05, 0.1) is 5.75 Å². The van der Waals surface area contributed by atoms with E-state index in [4.69, 9.17) is 0 Å². The Morgan fingerprint density at radius 2 is 2.21 bits per heavy atom. The van der Waals surface area contributed by atoms with Crippen LogP contribution < -0.4 is 0 Å². The fraction of sp³-hybridized carbons (Fsp3) is 0.500. The van der Waals surface area contributed by atoms with Crippen molar-refractivity contribution in [3.05, 3.63) is 42.0 Å². The maximum atomic E-state index is 12.6. The van der Waals surface area contributed by atoms with Gasteiger partial charge in [0, 0.05) is 30.4 Å². The number of nitrogens with zero attached hydrogens (tertiary/aromatic N) is 4. The summed E-state index contributed by atoms with van der Waals surface area (Å²) >= 11 is 1.63. The highest BCUT2D eigenvalue weighted by molar-refractivity contribution is 8.00. The number of piperidine rings is 1. The zero-order valence-corrected chi connectivity index (χ0v) is 15.1. The molecule has 1 aromatic heterocycles. The number of amides is 1. The number of likely N-dealkylation sites (tertiary alicyclic amines) is 1. The van der Waals surface area contributed by atoms with Gasteiger partial charge in [-0.3, -0.25) is 4.79 Å². The first-order chi connectivity index (χ1) is 11.7. The molecule has 1 fully saturated rings. The van der Waals surface area contributed by atoms with Gasteiger partial charge in [-0.05, 0) is 38.3 Å². The summed E-state index contributed by atoms with van der Waals surface area (Å²) in [7, 11) is 0. The van der Waals surface area contributed by atoms with E-state index in [0.29, 0.717) is 11.7 Å². The largest absolute Gasteiger partial charge is 0.341 e. The molecule has 1 amide bonds. The Hall–Kier alpha value is -1.82. The van der Waals surface area contributed by atoms with Crippen molar-refractivity contribution >= 4 is 17.7 Å². The van der Waals surface area contributed by atoms with Gasteiger partial charge < -0.3 is 9.47 Å². The van der Waals surface area contributed by atoms with Crippen molar-refractivity contribution in [3.8, 4) is 0 Å². The first kappa shape index (κ1) is 17.0. The van der Waals surface area contributed by atoms with E-state index in [0.717, 1.165) is 38.3 Å². The Kier molecular flexibility index (Phi) is 5.56. The van der Waals surface area contributed by atoms with Crippen molar-refractivity contribution < 1.29 is 4.79 Å². The van der Waals surface area contributed by atoms with E-state index in [1.54, 1.807) is 18.1 Å². The van der Waals surface area contributed by atoms with Crippen molar-refractivity contribution in [3.63, 3.8) is 0 Å². The molecular formula is C18H24N4OS. The van der Waals surface area contributed by atoms with E-state index in [2.05, 4.69) is 40.7 Å². The summed E-state index contributed by atoms with van der Waals surface area (Å²) in [5.74, 6) is 2.03. The van der Waals surface area contributed by atoms with Crippen LogP contribution in [0.4, 0.5) is 0 Å². The first-order valence-electron chi connectivity index (χ1n) is 8.53. The third-order valence-corrected chi connectivity index (χ3v) is 5.73. The lowest BCUT2D eigenvalue weighted by Gasteiger charge is -2.32. The minimum atomic E-state index is 0.218. The molecular weight excluding hydrogens is 320 g/mol. The number of hydrogen-bond donors (Lipinski definition) is 0. The normalized spacial score (nSPS) is 17.9. The second kappa shape index (κ2) is 7.83. The van der Waals surface area contributed by atoms with Crippen LogP contribution >= 0.6 is 11.8 Å². The molecule has 6 heteroatoms. The molecule has 1 atom stereocenters. The second-order valence-electron chi connectivity index (χ2n) is 6.21. The van der Waals surface area contributed by atoms with Crippen LogP contribution in [0.15, 0.2) is 35.5 Å². The lowest BCUT2D eigenvalue weighted by Crippen LogP contribution is -2.40. The van der Waals surface area contributed by atoms with Crippen molar-refractivity contribution in [1.82, 2.24) is 19.7 Å². The summed E-state index contributed by atoms with van der Waals surface area (Å²) < 4.78 is 2.08. The fourth-order valence-electron chi connectivity index (χ4n) is 3.19. The summed E-state index contributed by atoms with van der Waals surface area (Å²) in [6.45, 7) is 6.66. The lowest BCUT2D eigenvalue weighted by atomic mass is 9.97. The molecule has 24 heavy (non-hydrogen) atoms. The highest BCUT2D eigenvalue weighted by Crippen LogP contribution is 2.27. The van der Waals surface area contributed by atoms with Crippen LogP contribution in [-0.4, -0.2) is 44.4 Å². The van der Waals surface area contributed by atoms with E-state index in [-0.39, 0.29) is 5.91 Å². The summed E-state index contributed by atoms with van der Waals surface area (Å²) in [6, 6.07) is 8.21. The number of benzene rings is 1. The molecule has 0 aliphatic carbocycles. The van der Waals surface area contributed by atoms with Gasteiger partial charge in [0.1, 0.15) is 12.2 Å². The molecule has 1 unspecified atom stereocenters. The molecule has 1 saturated heterocycles. The molecule has 0 saturated carbocycles. The quantitative estimate of drug-likeness (QED) is 0.782. The molecule has 0 N–H and O–H groups in total. The summed E-state index contributed by atoms with van der Waals surface area (Å²) in [5, 5.41) is 8.31. The predicted molar refractivity (Wildman–Crippen MR) is 96.2 cm³/mol. The standard InChI is InChI=1S/C18H24N4OS/c1-3-21-13-19-20-18(21)15-8-6-10-22(11-15)17(23)12-24-16-9-5-4-7-14(16)2/h4-5,7,9,13,15H,3,6,8,10-12H2,1-2H3. The van der Waals surface area contributed by atoms with Crippen LogP contribution in [0.2, 0.25) is 0 Å². The summed E-state index contributed by atoms with van der Waals surface area (Å²) in [4.78, 5) is 15.8. The first-order valence-corrected chi connectivity index (χ1v) is 9.51. The maximum Gasteiger partial charge on any atom is 0.232 e. The minimum absolute atomic E-state index is 0.218. The molecule has 2 aromatic rings. The number of carbonyl (C=O) groups excluding carboxylic acids is 1. The highest BCUT2D eigenvalue weighted by atomic mass is 32.2. The molecule has 3 rings (SSSR count). The van der Waals surface area contributed by atoms with Gasteiger partial charge in [0.2, 0.25) is 5.91 Å². The zero-order valence-electron chi connectivity index (χ0n) is 14.3. The fourth-order valence-corrected chi connectivity index (χ4v) is 4.12. The Balaban J connectivity index is 1.60. The highest BCUT2D eigenvalue weighted by Gasteiger charge is 2.27. The van der Waals surface area contributed by atoms with Crippen molar-refractivity contribution in [1.29, 1.82) is 0 Å². The minimum Gasteiger partial charge on any atom is -0.341 e. The molecule has 2 heterocycles. The third kappa shape index (κ3) is 3.80. The number of carbonyl (C=O) groups is 1. The van der Waals surface area contributed by atoms with Crippen LogP contribution in [0.5, 0.6) is 0 Å². The van der Waals surface area contributed by atoms with Crippen LogP contribution in [0.3, 0.4) is 0 Å². The monoisotopic (exact) mass is 344 g/mol. The van der Waals surface area contributed by atoms with Crippen LogP contribution in [0.25, 0.3) is 0 Å². The van der Waals surface area contributed by atoms with E-state index in [1.165, 1.54) is 10.5 Å². The maximum absolute atomic E-state index is 12.6. The predicted octanol–water partition coefficient (Wildman–Crippen LogP) is 3.10. The van der Waals surface area contributed by atoms with Gasteiger partial charge in [-0.25, -0.2) is 0 Å². The van der Waals surface area contributed by atoms with Gasteiger partial charge >= 0.3 is 0 Å². The van der Waals surface area contributed by atoms with E-state index in [1.807, 2.05) is 17.0 Å². The van der Waals surface area contributed by atoms with E-state index >= 15 is 0 Å². The van der Waals surface area contributed by atoms with Crippen LogP contribution in [0.1, 0.15) is 37.1 Å². The average Bonchev–Trinajstić information content (AvgIpc) is 3.09. The molecule has 1 aliphatic heterocycles. The topological polar surface area (TPSA) is 51.0 Å². The second-order valence-corrected chi connectivity index (χ2v) is 7.23. The van der Waals surface area contributed by atoms with Crippen molar-refractivity contribution in [2.75, 3.05) is 18.8 Å². The number of aromatic nitrogens is 3. The SMILES string of the molecule is CCn1cnnc1C1CCCN(C(=O)CSc2ccccc2C)C1. The Labute approximate surface area is 147 Å². The molecule has 128 valence electrons. The summed E-state index contributed by atoms with van der Waals surface area (Å²) in [6.07, 6.45) is 3.89. The van der Waals surface area contributed by atoms with Gasteiger partial charge in [-0.15, -0.1) is 22.0 Å². The summed E-state index contributed by atoms with van der Waals surface area (Å²) in [5.41, 5.74) is 1.22. The number of aryl methyl sites for hydroxylation is 2. The third-order valence-electron chi connectivity index (χ3n) is 4.57. The van der Waals surface area contributed by atoms with Gasteiger partial charge in [-0.1, -0.05) is 18.2 Å². The molecule has 0 bridgehead atoms. The molecule has 1 aliphatic rings. The Morgan fingerprint density at radius 1 is 1.38 bits per heavy atom. The number of thioether (sulfide) groups is 1. The van der Waals surface area contributed by atoms with E-state index in [9.17, 15) is 4.79 Å². The Morgan fingerprint density at radius 3 is 3.00 bits per heavy atom. The van der Waals surface area contributed by atoms with Crippen LogP contribution in [-0.2, 0) is 11.3 Å². The molecule has 0 radical (unpaired) electrons. The van der Waals surface area contributed by atoms with Crippen LogP contribution in [0, 0.1) is 6.92 Å². The van der Waals surface area contributed by atoms with Crippen molar-refractivity contribution in [2.45, 2.75) is 44.0 Å². The Bertz CT molecular complexity index is 700. The smallest absolute Gasteiger partial charge is 0.232 e. The average molecular weight is 344 g/mol. The van der Waals surface area contributed by atoms with E-state index < -0.39 is 0 Å². The lowest BCUT2D eigenvalue weighted by molar-refractivity contribution is -0.129. The molecule has 0 spiro atoms.